The van der Waals surface area contributed by atoms with E-state index in [1.54, 1.807) is 0 Å². The van der Waals surface area contributed by atoms with Gasteiger partial charge < -0.3 is 0 Å². The largest absolute Gasteiger partial charge is 0.261 e. The van der Waals surface area contributed by atoms with Crippen LogP contribution >= 0.6 is 0 Å². The van der Waals surface area contributed by atoms with Gasteiger partial charge in [-0.15, -0.1) is 6.58 Å². The van der Waals surface area contributed by atoms with Gasteiger partial charge in [0, 0.05) is 23.7 Å². The second-order valence-corrected chi connectivity index (χ2v) is 4.31. The number of aryl methyl sites for hydroxylation is 2. The van der Waals surface area contributed by atoms with Crippen LogP contribution in [0.3, 0.4) is 0 Å². The lowest BCUT2D eigenvalue weighted by atomic mass is 10.0. The van der Waals surface area contributed by atoms with E-state index >= 15 is 0 Å². The number of halogens is 1. The van der Waals surface area contributed by atoms with Gasteiger partial charge in [-0.2, -0.15) is 4.39 Å². The molecule has 0 saturated carbocycles. The fourth-order valence-electron chi connectivity index (χ4n) is 1.66. The maximum Gasteiger partial charge on any atom is 0.205 e. The molecule has 1 aromatic heterocycles. The third kappa shape index (κ3) is 5.00. The van der Waals surface area contributed by atoms with Crippen LogP contribution in [0.4, 0.5) is 4.39 Å². The number of aliphatic imine (C=N–C) groups is 1. The van der Waals surface area contributed by atoms with E-state index in [4.69, 9.17) is 0 Å². The highest BCUT2D eigenvalue weighted by Gasteiger charge is 2.04. The number of unbranched alkanes of at least 4 members (excludes halogenated alkanes) is 1. The fourth-order valence-corrected chi connectivity index (χ4v) is 1.66. The number of nitrogens with zero attached hydrogens (tertiary/aromatic N) is 2. The molecule has 0 atom stereocenters. The molecule has 0 bridgehead atoms. The zero-order valence-corrected chi connectivity index (χ0v) is 11.5. The standard InChI is InChI=1S/C16H19FN2/c1-5-6-7-8-15(11-19-14(4)17)16-9-12(2)10-18-13(16)3/h5,8-11H,1,4,6-7H2,2-3H3/b15-8+,19-11-. The number of pyridine rings is 1. The van der Waals surface area contributed by atoms with Crippen LogP contribution < -0.4 is 0 Å². The predicted molar refractivity (Wildman–Crippen MR) is 79.9 cm³/mol. The Kier molecular flexibility index (Phi) is 5.86. The first-order valence-corrected chi connectivity index (χ1v) is 6.17. The molecule has 0 saturated heterocycles. The van der Waals surface area contributed by atoms with E-state index in [1.165, 1.54) is 6.21 Å². The van der Waals surface area contributed by atoms with Crippen molar-refractivity contribution in [2.45, 2.75) is 26.7 Å². The summed E-state index contributed by atoms with van der Waals surface area (Å²) in [5.74, 6) is -0.701. The summed E-state index contributed by atoms with van der Waals surface area (Å²) in [6.45, 7) is 10.7. The minimum atomic E-state index is -0.701. The Bertz CT molecular complexity index is 528. The van der Waals surface area contributed by atoms with Gasteiger partial charge in [-0.05, 0) is 50.5 Å². The fraction of sp³-hybridized carbons (Fsp3) is 0.250. The number of rotatable bonds is 6. The summed E-state index contributed by atoms with van der Waals surface area (Å²) in [6.07, 6.45) is 8.86. The highest BCUT2D eigenvalue weighted by molar-refractivity contribution is 6.10. The van der Waals surface area contributed by atoms with Crippen LogP contribution in [-0.2, 0) is 0 Å². The van der Waals surface area contributed by atoms with Gasteiger partial charge in [0.05, 0.1) is 0 Å². The van der Waals surface area contributed by atoms with Crippen molar-refractivity contribution in [1.29, 1.82) is 0 Å². The van der Waals surface area contributed by atoms with Crippen LogP contribution in [0.15, 0.2) is 48.5 Å². The smallest absolute Gasteiger partial charge is 0.205 e. The van der Waals surface area contributed by atoms with Crippen molar-refractivity contribution in [3.05, 3.63) is 60.3 Å². The predicted octanol–water partition coefficient (Wildman–Crippen LogP) is 4.56. The van der Waals surface area contributed by atoms with Crippen LogP contribution in [0.5, 0.6) is 0 Å². The molecular weight excluding hydrogens is 239 g/mol. The number of allylic oxidation sites excluding steroid dienone is 3. The lowest BCUT2D eigenvalue weighted by Crippen LogP contribution is -1.95. The SMILES string of the molecule is C=CCC/C=C(\C=N/C(=C)F)c1cc(C)cnc1C. The molecule has 0 N–H and O–H groups in total. The molecule has 0 aliphatic carbocycles. The van der Waals surface area contributed by atoms with E-state index in [0.717, 1.165) is 35.2 Å². The first-order valence-electron chi connectivity index (χ1n) is 6.17. The van der Waals surface area contributed by atoms with E-state index in [1.807, 2.05) is 38.3 Å². The van der Waals surface area contributed by atoms with Gasteiger partial charge in [-0.1, -0.05) is 12.2 Å². The van der Waals surface area contributed by atoms with Gasteiger partial charge in [0.25, 0.3) is 0 Å². The van der Waals surface area contributed by atoms with Crippen molar-refractivity contribution >= 4 is 11.8 Å². The molecule has 3 heteroatoms. The summed E-state index contributed by atoms with van der Waals surface area (Å²) >= 11 is 0. The summed E-state index contributed by atoms with van der Waals surface area (Å²) in [7, 11) is 0. The molecule has 0 spiro atoms. The average molecular weight is 258 g/mol. The van der Waals surface area contributed by atoms with Crippen LogP contribution in [0.2, 0.25) is 0 Å². The zero-order valence-electron chi connectivity index (χ0n) is 11.5. The Morgan fingerprint density at radius 1 is 1.42 bits per heavy atom. The first kappa shape index (κ1) is 15.0. The molecule has 1 rings (SSSR count). The van der Waals surface area contributed by atoms with E-state index < -0.39 is 5.95 Å². The lowest BCUT2D eigenvalue weighted by molar-refractivity contribution is 0.634. The van der Waals surface area contributed by atoms with Crippen molar-refractivity contribution in [2.75, 3.05) is 0 Å². The number of hydrogen-bond acceptors (Lipinski definition) is 2. The Hall–Kier alpha value is -2.03. The Labute approximate surface area is 114 Å². The molecule has 0 aliphatic heterocycles. The van der Waals surface area contributed by atoms with Gasteiger partial charge in [0.2, 0.25) is 5.95 Å². The van der Waals surface area contributed by atoms with Gasteiger partial charge >= 0.3 is 0 Å². The number of aromatic nitrogens is 1. The van der Waals surface area contributed by atoms with Crippen LogP contribution in [0, 0.1) is 13.8 Å². The maximum atomic E-state index is 12.7. The molecule has 100 valence electrons. The Morgan fingerprint density at radius 3 is 2.79 bits per heavy atom. The van der Waals surface area contributed by atoms with E-state index in [9.17, 15) is 4.39 Å². The molecule has 2 nitrogen and oxygen atoms in total. The molecule has 0 fully saturated rings. The maximum absolute atomic E-state index is 12.7. The highest BCUT2D eigenvalue weighted by atomic mass is 19.1. The van der Waals surface area contributed by atoms with Gasteiger partial charge in [-0.3, -0.25) is 4.98 Å². The summed E-state index contributed by atoms with van der Waals surface area (Å²) in [6, 6.07) is 2.02. The molecule has 0 unspecified atom stereocenters. The third-order valence-corrected chi connectivity index (χ3v) is 2.61. The number of hydrogen-bond donors (Lipinski definition) is 0. The topological polar surface area (TPSA) is 25.2 Å². The van der Waals surface area contributed by atoms with Crippen LogP contribution in [0.25, 0.3) is 5.57 Å². The second kappa shape index (κ2) is 7.41. The van der Waals surface area contributed by atoms with E-state index in [2.05, 4.69) is 23.1 Å². The summed E-state index contributed by atoms with van der Waals surface area (Å²) in [5.41, 5.74) is 3.78. The summed E-state index contributed by atoms with van der Waals surface area (Å²) in [5, 5.41) is 0. The second-order valence-electron chi connectivity index (χ2n) is 4.31. The van der Waals surface area contributed by atoms with Gasteiger partial charge in [0.1, 0.15) is 0 Å². The van der Waals surface area contributed by atoms with Gasteiger partial charge in [-0.25, -0.2) is 4.99 Å². The molecule has 1 heterocycles. The average Bonchev–Trinajstić information content (AvgIpc) is 2.36. The quantitative estimate of drug-likeness (QED) is 0.318. The van der Waals surface area contributed by atoms with Crippen molar-refractivity contribution in [1.82, 2.24) is 4.98 Å². The minimum Gasteiger partial charge on any atom is -0.261 e. The first-order chi connectivity index (χ1) is 9.04. The minimum absolute atomic E-state index is 0.701. The molecule has 0 radical (unpaired) electrons. The van der Waals surface area contributed by atoms with Gasteiger partial charge in [0.15, 0.2) is 0 Å². The van der Waals surface area contributed by atoms with E-state index in [0.29, 0.717) is 0 Å². The normalized spacial score (nSPS) is 11.8. The third-order valence-electron chi connectivity index (χ3n) is 2.61. The molecular formula is C16H19FN2. The van der Waals surface area contributed by atoms with Crippen molar-refractivity contribution in [3.8, 4) is 0 Å². The molecule has 19 heavy (non-hydrogen) atoms. The van der Waals surface area contributed by atoms with E-state index in [-0.39, 0.29) is 0 Å². The Morgan fingerprint density at radius 2 is 2.16 bits per heavy atom. The Balaban J connectivity index is 3.14. The highest BCUT2D eigenvalue weighted by Crippen LogP contribution is 2.19. The molecule has 0 aliphatic rings. The molecule has 0 amide bonds. The monoisotopic (exact) mass is 258 g/mol. The van der Waals surface area contributed by atoms with Crippen molar-refractivity contribution < 1.29 is 4.39 Å². The van der Waals surface area contributed by atoms with Crippen molar-refractivity contribution in [2.24, 2.45) is 4.99 Å². The van der Waals surface area contributed by atoms with Crippen molar-refractivity contribution in [3.63, 3.8) is 0 Å². The summed E-state index contributed by atoms with van der Waals surface area (Å²) in [4.78, 5) is 7.96. The molecule has 0 aromatic carbocycles. The molecule has 1 aromatic rings. The van der Waals surface area contributed by atoms with Crippen LogP contribution in [-0.4, -0.2) is 11.2 Å². The van der Waals surface area contributed by atoms with Crippen LogP contribution in [0.1, 0.15) is 29.7 Å². The zero-order chi connectivity index (χ0) is 14.3. The lowest BCUT2D eigenvalue weighted by Gasteiger charge is -2.07. The summed E-state index contributed by atoms with van der Waals surface area (Å²) < 4.78 is 12.7.